The van der Waals surface area contributed by atoms with Crippen molar-refractivity contribution in [2.24, 2.45) is 4.99 Å². The highest BCUT2D eigenvalue weighted by Gasteiger charge is 2.23. The van der Waals surface area contributed by atoms with E-state index in [9.17, 15) is 8.78 Å². The van der Waals surface area contributed by atoms with Gasteiger partial charge in [0.2, 0.25) is 5.95 Å². The highest BCUT2D eigenvalue weighted by molar-refractivity contribution is 6.22. The minimum absolute atomic E-state index is 0.294. The number of H-pyrrole nitrogens is 1. The van der Waals surface area contributed by atoms with E-state index in [4.69, 9.17) is 27.9 Å². The molecule has 0 aliphatic carbocycles. The quantitative estimate of drug-likeness (QED) is 0.206. The second-order valence-electron chi connectivity index (χ2n) is 7.81. The number of aromatic nitrogens is 3. The summed E-state index contributed by atoms with van der Waals surface area (Å²) < 4.78 is 33.5. The molecule has 0 saturated carbocycles. The summed E-state index contributed by atoms with van der Waals surface area (Å²) in [6, 6.07) is 9.14. The fourth-order valence-electron chi connectivity index (χ4n) is 3.84. The van der Waals surface area contributed by atoms with Crippen LogP contribution in [0.25, 0.3) is 0 Å². The summed E-state index contributed by atoms with van der Waals surface area (Å²) in [6.45, 7) is 0.556. The Hall–Kier alpha value is -2.91. The number of ether oxygens (including phenoxy) is 1. The van der Waals surface area contributed by atoms with Crippen LogP contribution in [-0.2, 0) is 0 Å². The number of rotatable bonds is 10. The van der Waals surface area contributed by atoms with Crippen molar-refractivity contribution in [3.05, 3.63) is 59.4 Å². The lowest BCUT2D eigenvalue weighted by atomic mass is 9.92. The molecular formula is C23H24Cl2F2N6O. The van der Waals surface area contributed by atoms with E-state index >= 15 is 0 Å². The van der Waals surface area contributed by atoms with Gasteiger partial charge in [-0.3, -0.25) is 10.1 Å². The van der Waals surface area contributed by atoms with Crippen LogP contribution in [0, 0.1) is 11.6 Å². The fraction of sp³-hybridized carbons (Fsp3) is 0.348. The van der Waals surface area contributed by atoms with Crippen molar-refractivity contribution in [3.8, 4) is 5.75 Å². The third-order valence-electron chi connectivity index (χ3n) is 5.51. The number of aromatic amines is 1. The van der Waals surface area contributed by atoms with Gasteiger partial charge in [0.25, 0.3) is 0 Å². The number of alkyl halides is 2. The van der Waals surface area contributed by atoms with Crippen LogP contribution < -0.4 is 15.0 Å². The molecule has 3 aromatic rings. The molecule has 11 heteroatoms. The summed E-state index contributed by atoms with van der Waals surface area (Å²) in [5.74, 6) is 0.276. The predicted molar refractivity (Wildman–Crippen MR) is 131 cm³/mol. The molecule has 0 radical (unpaired) electrons. The van der Waals surface area contributed by atoms with Crippen molar-refractivity contribution in [2.75, 3.05) is 29.8 Å². The van der Waals surface area contributed by atoms with Crippen LogP contribution in [-0.4, -0.2) is 46.6 Å². The minimum atomic E-state index is -0.625. The summed E-state index contributed by atoms with van der Waals surface area (Å²) in [6.07, 6.45) is 3.81. The van der Waals surface area contributed by atoms with E-state index in [1.807, 2.05) is 23.1 Å². The maximum absolute atomic E-state index is 14.5. The molecule has 2 heterocycles. The number of anilines is 3. The first-order valence-corrected chi connectivity index (χ1v) is 11.8. The Balaban J connectivity index is 1.54. The smallest absolute Gasteiger partial charge is 0.246 e. The van der Waals surface area contributed by atoms with Crippen molar-refractivity contribution in [1.82, 2.24) is 15.2 Å². The molecule has 2 unspecified atom stereocenters. The van der Waals surface area contributed by atoms with Crippen LogP contribution in [0.2, 0.25) is 0 Å². The van der Waals surface area contributed by atoms with E-state index in [0.717, 1.165) is 24.6 Å². The first-order chi connectivity index (χ1) is 16.5. The van der Waals surface area contributed by atoms with Gasteiger partial charge in [-0.05, 0) is 36.6 Å². The van der Waals surface area contributed by atoms with Gasteiger partial charge in [0.15, 0.2) is 0 Å². The van der Waals surface area contributed by atoms with Crippen LogP contribution in [0.15, 0.2) is 41.4 Å². The lowest BCUT2D eigenvalue weighted by molar-refractivity contribution is 0.416. The van der Waals surface area contributed by atoms with Gasteiger partial charge in [-0.25, -0.2) is 8.78 Å². The lowest BCUT2D eigenvalue weighted by Crippen LogP contribution is -2.21. The van der Waals surface area contributed by atoms with Crippen molar-refractivity contribution >= 4 is 46.9 Å². The van der Waals surface area contributed by atoms with Gasteiger partial charge >= 0.3 is 0 Å². The molecule has 7 nitrogen and oxygen atoms in total. The van der Waals surface area contributed by atoms with Crippen molar-refractivity contribution in [2.45, 2.75) is 30.7 Å². The van der Waals surface area contributed by atoms with Crippen LogP contribution >= 0.6 is 23.2 Å². The number of hydrogen-bond donors (Lipinski definition) is 2. The van der Waals surface area contributed by atoms with Gasteiger partial charge < -0.3 is 15.0 Å². The Morgan fingerprint density at radius 2 is 2.09 bits per heavy atom. The number of nitrogens with one attached hydrogen (secondary N) is 2. The van der Waals surface area contributed by atoms with E-state index in [2.05, 4.69) is 25.5 Å². The molecule has 34 heavy (non-hydrogen) atoms. The largest absolute Gasteiger partial charge is 0.494 e. The Kier molecular flexibility index (Phi) is 7.84. The highest BCUT2D eigenvalue weighted by atomic mass is 35.5. The molecule has 0 saturated heterocycles. The Labute approximate surface area is 206 Å². The maximum atomic E-state index is 14.5. The number of nitrogens with zero attached hydrogens (tertiary/aromatic N) is 4. The van der Waals surface area contributed by atoms with Crippen LogP contribution in [0.4, 0.5) is 26.1 Å². The molecule has 1 aliphatic rings. The second kappa shape index (κ2) is 11.0. The van der Waals surface area contributed by atoms with Gasteiger partial charge in [0.1, 0.15) is 28.7 Å². The predicted octanol–water partition coefficient (Wildman–Crippen LogP) is 5.79. The molecule has 4 rings (SSSR count). The molecule has 0 fully saturated rings. The van der Waals surface area contributed by atoms with Gasteiger partial charge in [-0.2, -0.15) is 4.98 Å². The average Bonchev–Trinajstić information content (AvgIpc) is 3.46. The molecule has 2 atom stereocenters. The van der Waals surface area contributed by atoms with E-state index in [1.165, 1.54) is 12.1 Å². The summed E-state index contributed by atoms with van der Waals surface area (Å²) in [4.78, 5) is 10.6. The Bertz CT molecular complexity index is 1160. The van der Waals surface area contributed by atoms with Crippen LogP contribution in [0.3, 0.4) is 0 Å². The van der Waals surface area contributed by atoms with Crippen LogP contribution in [0.5, 0.6) is 5.75 Å². The van der Waals surface area contributed by atoms with Crippen molar-refractivity contribution in [1.29, 1.82) is 0 Å². The lowest BCUT2D eigenvalue weighted by Gasteiger charge is -2.19. The second-order valence-corrected chi connectivity index (χ2v) is 8.69. The Morgan fingerprint density at radius 3 is 2.79 bits per heavy atom. The molecule has 2 N–H and O–H groups in total. The topological polar surface area (TPSA) is 78.4 Å². The summed E-state index contributed by atoms with van der Waals surface area (Å²) in [5.41, 5.74) is 1.60. The molecule has 0 amide bonds. The standard InChI is InChI=1S/C23H24Cl2F2N6O/c1-34-20-11-15(6-8-19(20)33-12-21(25)28-13-33)29-23-30-22(31-32-23)17(4-2-3-9-24)16-7-5-14(26)10-18(16)27/h5-8,10-11,13,17,21H,2-4,9,12H2,1H3,(H2,29,30,31,32). The van der Waals surface area contributed by atoms with Gasteiger partial charge in [-0.15, -0.1) is 16.7 Å². The van der Waals surface area contributed by atoms with E-state index in [-0.39, 0.29) is 5.50 Å². The maximum Gasteiger partial charge on any atom is 0.246 e. The van der Waals surface area contributed by atoms with Gasteiger partial charge in [-0.1, -0.05) is 24.1 Å². The number of halogens is 4. The zero-order valence-corrected chi connectivity index (χ0v) is 20.0. The zero-order valence-electron chi connectivity index (χ0n) is 18.4. The van der Waals surface area contributed by atoms with Gasteiger partial charge in [0, 0.05) is 29.6 Å². The van der Waals surface area contributed by atoms with Gasteiger partial charge in [0.05, 0.1) is 25.7 Å². The molecule has 1 aromatic heterocycles. The van der Waals surface area contributed by atoms with Crippen molar-refractivity contribution < 1.29 is 13.5 Å². The monoisotopic (exact) mass is 508 g/mol. The normalized spacial score (nSPS) is 16.1. The number of aliphatic imine (C=N–C) groups is 1. The average molecular weight is 509 g/mol. The molecule has 180 valence electrons. The Morgan fingerprint density at radius 1 is 1.24 bits per heavy atom. The van der Waals surface area contributed by atoms with Crippen molar-refractivity contribution in [3.63, 3.8) is 0 Å². The van der Waals surface area contributed by atoms with E-state index in [1.54, 1.807) is 13.4 Å². The van der Waals surface area contributed by atoms with Crippen LogP contribution in [0.1, 0.15) is 36.6 Å². The minimum Gasteiger partial charge on any atom is -0.494 e. The third-order valence-corrected chi connectivity index (χ3v) is 6.03. The molecule has 2 aromatic carbocycles. The summed E-state index contributed by atoms with van der Waals surface area (Å²) in [5, 5.41) is 10.3. The first kappa shape index (κ1) is 24.2. The summed E-state index contributed by atoms with van der Waals surface area (Å²) >= 11 is 11.9. The third kappa shape index (κ3) is 5.59. The fourth-order valence-corrected chi connectivity index (χ4v) is 4.23. The highest BCUT2D eigenvalue weighted by Crippen LogP contribution is 2.34. The number of hydrogen-bond acceptors (Lipinski definition) is 6. The molecule has 1 aliphatic heterocycles. The SMILES string of the molecule is COc1cc(Nc2n[nH]c(C(CCCCCl)c3ccc(F)cc3F)n2)ccc1N1C=NC(Cl)C1. The molecule has 0 spiro atoms. The number of methoxy groups -OCH3 is 1. The number of benzene rings is 2. The first-order valence-electron chi connectivity index (χ1n) is 10.8. The molecular weight excluding hydrogens is 485 g/mol. The molecule has 0 bridgehead atoms. The zero-order chi connectivity index (χ0) is 24.1. The van der Waals surface area contributed by atoms with E-state index < -0.39 is 17.6 Å². The van der Waals surface area contributed by atoms with E-state index in [0.29, 0.717) is 47.6 Å². The number of unbranched alkanes of at least 4 members (excludes halogenated alkanes) is 1. The summed E-state index contributed by atoms with van der Waals surface area (Å²) in [7, 11) is 1.58.